The Kier molecular flexibility index (Phi) is 5.71. The second kappa shape index (κ2) is 8.77. The van der Waals surface area contributed by atoms with Gasteiger partial charge in [0, 0.05) is 28.9 Å². The standard InChI is InChI=1S/C29H30N2O2S2/c1-3-21-13-15-23(16-14-21)35(32,33)31-19-25-24-10-4-5-12-27(24)34-29(25)30-17-7-11-26(30)28(31)22-9-6-8-20(2)18-22/h6-9,11,13-18,28H,3-5,10,12,19H2,1-2H3/t28-/m1/s1. The van der Waals surface area contributed by atoms with Gasteiger partial charge in [0.1, 0.15) is 5.00 Å². The minimum absolute atomic E-state index is 0.359. The van der Waals surface area contributed by atoms with Crippen molar-refractivity contribution in [1.82, 2.24) is 8.87 Å². The number of aryl methyl sites for hydroxylation is 3. The predicted molar refractivity (Wildman–Crippen MR) is 142 cm³/mol. The zero-order valence-corrected chi connectivity index (χ0v) is 21.8. The number of benzene rings is 2. The SMILES string of the molecule is CCc1ccc(S(=O)(=O)N2Cc3c(sc4c3CCCC4)-n3cccc3[C@H]2c2cccc(C)c2)cc1. The van der Waals surface area contributed by atoms with Crippen molar-refractivity contribution in [2.24, 2.45) is 0 Å². The van der Waals surface area contributed by atoms with Gasteiger partial charge in [-0.15, -0.1) is 11.3 Å². The molecule has 0 amide bonds. The van der Waals surface area contributed by atoms with Gasteiger partial charge in [0.05, 0.1) is 10.9 Å². The van der Waals surface area contributed by atoms with Crippen molar-refractivity contribution in [2.75, 3.05) is 0 Å². The Labute approximate surface area is 211 Å². The van der Waals surface area contributed by atoms with Crippen molar-refractivity contribution >= 4 is 21.4 Å². The summed E-state index contributed by atoms with van der Waals surface area (Å²) < 4.78 is 32.7. The number of nitrogens with zero attached hydrogens (tertiary/aromatic N) is 2. The van der Waals surface area contributed by atoms with Crippen LogP contribution in [-0.4, -0.2) is 17.3 Å². The molecule has 0 saturated heterocycles. The molecule has 0 saturated carbocycles. The summed E-state index contributed by atoms with van der Waals surface area (Å²) in [5, 5.41) is 1.19. The van der Waals surface area contributed by atoms with Crippen molar-refractivity contribution in [3.05, 3.63) is 105 Å². The fraction of sp³-hybridized carbons (Fsp3) is 0.310. The molecule has 4 nitrogen and oxygen atoms in total. The van der Waals surface area contributed by atoms with E-state index in [0.717, 1.165) is 41.6 Å². The van der Waals surface area contributed by atoms with Gasteiger partial charge in [-0.2, -0.15) is 4.31 Å². The van der Waals surface area contributed by atoms with Gasteiger partial charge in [0.15, 0.2) is 0 Å². The van der Waals surface area contributed by atoms with E-state index >= 15 is 0 Å². The third kappa shape index (κ3) is 3.79. The number of fused-ring (bicyclic) bond motifs is 5. The van der Waals surface area contributed by atoms with Crippen molar-refractivity contribution in [3.63, 3.8) is 0 Å². The zero-order chi connectivity index (χ0) is 24.2. The largest absolute Gasteiger partial charge is 0.310 e. The van der Waals surface area contributed by atoms with Gasteiger partial charge in [-0.05, 0) is 80.0 Å². The summed E-state index contributed by atoms with van der Waals surface area (Å²) in [7, 11) is -3.76. The smallest absolute Gasteiger partial charge is 0.244 e. The molecule has 6 rings (SSSR count). The summed E-state index contributed by atoms with van der Waals surface area (Å²) in [6.07, 6.45) is 7.49. The lowest BCUT2D eigenvalue weighted by Crippen LogP contribution is -2.35. The lowest BCUT2D eigenvalue weighted by atomic mass is 9.95. The first-order valence-corrected chi connectivity index (χ1v) is 14.7. The first kappa shape index (κ1) is 22.8. The topological polar surface area (TPSA) is 42.3 Å². The Hall–Kier alpha value is -2.67. The van der Waals surface area contributed by atoms with Crippen molar-refractivity contribution in [2.45, 2.75) is 63.4 Å². The highest BCUT2D eigenvalue weighted by atomic mass is 32.2. The van der Waals surface area contributed by atoms with Crippen molar-refractivity contribution in [1.29, 1.82) is 0 Å². The average molecular weight is 503 g/mol. The normalized spacial score (nSPS) is 17.9. The molecule has 180 valence electrons. The van der Waals surface area contributed by atoms with E-state index in [2.05, 4.69) is 48.9 Å². The molecule has 0 radical (unpaired) electrons. The Morgan fingerprint density at radius 1 is 0.971 bits per heavy atom. The van der Waals surface area contributed by atoms with Crippen molar-refractivity contribution in [3.8, 4) is 5.00 Å². The third-order valence-electron chi connectivity index (χ3n) is 7.44. The summed E-state index contributed by atoms with van der Waals surface area (Å²) in [5.74, 6) is 0. The molecular weight excluding hydrogens is 472 g/mol. The minimum atomic E-state index is -3.76. The fourth-order valence-electron chi connectivity index (χ4n) is 5.60. The molecule has 6 heteroatoms. The molecule has 2 aliphatic rings. The Bertz CT molecular complexity index is 1500. The first-order valence-electron chi connectivity index (χ1n) is 12.5. The molecule has 4 aromatic rings. The molecule has 1 aliphatic heterocycles. The highest BCUT2D eigenvalue weighted by molar-refractivity contribution is 7.89. The summed E-state index contributed by atoms with van der Waals surface area (Å²) in [6.45, 7) is 4.54. The van der Waals surface area contributed by atoms with Crippen LogP contribution in [0, 0.1) is 6.92 Å². The monoisotopic (exact) mass is 502 g/mol. The lowest BCUT2D eigenvalue weighted by molar-refractivity contribution is 0.352. The van der Waals surface area contributed by atoms with Gasteiger partial charge in [-0.1, -0.05) is 48.9 Å². The first-order chi connectivity index (χ1) is 17.0. The van der Waals surface area contributed by atoms with E-state index in [1.165, 1.54) is 33.8 Å². The maximum atomic E-state index is 14.4. The highest BCUT2D eigenvalue weighted by Gasteiger charge is 2.40. The van der Waals surface area contributed by atoms with Gasteiger partial charge >= 0.3 is 0 Å². The predicted octanol–water partition coefficient (Wildman–Crippen LogP) is 6.58. The van der Waals surface area contributed by atoms with Gasteiger partial charge in [-0.3, -0.25) is 0 Å². The molecule has 1 aliphatic carbocycles. The Morgan fingerprint density at radius 2 is 1.77 bits per heavy atom. The summed E-state index contributed by atoms with van der Waals surface area (Å²) >= 11 is 1.85. The zero-order valence-electron chi connectivity index (χ0n) is 20.2. The molecule has 2 aromatic heterocycles. The van der Waals surface area contributed by atoms with Crippen molar-refractivity contribution < 1.29 is 8.42 Å². The quantitative estimate of drug-likeness (QED) is 0.316. The van der Waals surface area contributed by atoms with E-state index in [1.807, 2.05) is 35.6 Å². The van der Waals surface area contributed by atoms with Crippen LogP contribution in [0.25, 0.3) is 5.00 Å². The van der Waals surface area contributed by atoms with E-state index in [0.29, 0.717) is 11.4 Å². The second-order valence-corrected chi connectivity index (χ2v) is 12.6. The summed E-state index contributed by atoms with van der Waals surface area (Å²) in [6, 6.07) is 19.4. The number of thiophene rings is 1. The van der Waals surface area contributed by atoms with Crippen LogP contribution in [0.4, 0.5) is 0 Å². The van der Waals surface area contributed by atoms with Crippen LogP contribution in [0.5, 0.6) is 0 Å². The molecule has 0 N–H and O–H groups in total. The van der Waals surface area contributed by atoms with Crippen LogP contribution >= 0.6 is 11.3 Å². The Morgan fingerprint density at radius 3 is 2.54 bits per heavy atom. The number of hydrogen-bond acceptors (Lipinski definition) is 3. The van der Waals surface area contributed by atoms with E-state index in [-0.39, 0.29) is 0 Å². The lowest BCUT2D eigenvalue weighted by Gasteiger charge is -2.30. The maximum Gasteiger partial charge on any atom is 0.244 e. The van der Waals surface area contributed by atoms with Crippen LogP contribution in [-0.2, 0) is 35.8 Å². The summed E-state index contributed by atoms with van der Waals surface area (Å²) in [5.41, 5.74) is 6.83. The molecule has 1 atom stereocenters. The molecule has 0 unspecified atom stereocenters. The molecule has 0 spiro atoms. The van der Waals surface area contributed by atoms with Gasteiger partial charge in [-0.25, -0.2) is 8.42 Å². The van der Waals surface area contributed by atoms with Gasteiger partial charge in [0.25, 0.3) is 0 Å². The highest BCUT2D eigenvalue weighted by Crippen LogP contribution is 2.45. The number of hydrogen-bond donors (Lipinski definition) is 0. The van der Waals surface area contributed by atoms with Crippen LogP contribution in [0.2, 0.25) is 0 Å². The van der Waals surface area contributed by atoms with Crippen LogP contribution in [0.15, 0.2) is 71.8 Å². The molecule has 2 aromatic carbocycles. The van der Waals surface area contributed by atoms with Crippen LogP contribution < -0.4 is 0 Å². The molecule has 0 bridgehead atoms. The minimum Gasteiger partial charge on any atom is -0.310 e. The van der Waals surface area contributed by atoms with E-state index < -0.39 is 16.1 Å². The number of aromatic nitrogens is 1. The number of sulfonamides is 1. The third-order valence-corrected chi connectivity index (χ3v) is 10.6. The number of rotatable bonds is 4. The van der Waals surface area contributed by atoms with Gasteiger partial charge in [0.2, 0.25) is 10.0 Å². The van der Waals surface area contributed by atoms with Gasteiger partial charge < -0.3 is 4.57 Å². The van der Waals surface area contributed by atoms with E-state index in [1.54, 1.807) is 16.4 Å². The van der Waals surface area contributed by atoms with Crippen LogP contribution in [0.1, 0.15) is 64.2 Å². The Balaban J connectivity index is 1.59. The fourth-order valence-corrected chi connectivity index (χ4v) is 8.57. The van der Waals surface area contributed by atoms with E-state index in [9.17, 15) is 8.42 Å². The summed E-state index contributed by atoms with van der Waals surface area (Å²) in [4.78, 5) is 1.79. The molecule has 0 fully saturated rings. The van der Waals surface area contributed by atoms with Crippen LogP contribution in [0.3, 0.4) is 0 Å². The van der Waals surface area contributed by atoms with E-state index in [4.69, 9.17) is 0 Å². The maximum absolute atomic E-state index is 14.4. The second-order valence-electron chi connectivity index (χ2n) is 9.66. The average Bonchev–Trinajstić information content (AvgIpc) is 3.46. The molecule has 35 heavy (non-hydrogen) atoms. The molecular formula is C29H30N2O2S2. The molecule has 3 heterocycles.